The Morgan fingerprint density at radius 2 is 1.79 bits per heavy atom. The minimum atomic E-state index is -0.675. The number of carbonyl (C=O) groups excluding carboxylic acids is 1. The molecule has 0 aromatic heterocycles. The minimum Gasteiger partial charge on any atom is -0.481 e. The van der Waals surface area contributed by atoms with Crippen LogP contribution in [0.4, 0.5) is 0 Å². The molecule has 4 heteroatoms. The first-order valence-electron chi connectivity index (χ1n) is 8.92. The fourth-order valence-electron chi connectivity index (χ4n) is 4.08. The smallest absolute Gasteiger partial charge is 0.307 e. The van der Waals surface area contributed by atoms with Crippen molar-refractivity contribution in [1.29, 1.82) is 0 Å². The Hall–Kier alpha value is -1.84. The van der Waals surface area contributed by atoms with Gasteiger partial charge >= 0.3 is 5.97 Å². The van der Waals surface area contributed by atoms with Gasteiger partial charge in [0.2, 0.25) is 5.91 Å². The number of amides is 1. The summed E-state index contributed by atoms with van der Waals surface area (Å²) in [5.74, 6) is -0.718. The highest BCUT2D eigenvalue weighted by Gasteiger charge is 2.59. The molecule has 130 valence electrons. The first kappa shape index (κ1) is 17.0. The molecule has 0 radical (unpaired) electrons. The molecule has 3 rings (SSSR count). The van der Waals surface area contributed by atoms with Crippen molar-refractivity contribution in [2.75, 3.05) is 13.1 Å². The van der Waals surface area contributed by atoms with Crippen LogP contribution in [0.15, 0.2) is 24.3 Å². The maximum absolute atomic E-state index is 13.0. The van der Waals surface area contributed by atoms with Crippen LogP contribution in [0.2, 0.25) is 0 Å². The van der Waals surface area contributed by atoms with Gasteiger partial charge < -0.3 is 10.0 Å². The predicted molar refractivity (Wildman–Crippen MR) is 92.8 cm³/mol. The van der Waals surface area contributed by atoms with Gasteiger partial charge in [0.15, 0.2) is 0 Å². The van der Waals surface area contributed by atoms with Crippen LogP contribution in [0.1, 0.15) is 51.2 Å². The number of aryl methyl sites for hydroxylation is 1. The molecule has 1 spiro atoms. The van der Waals surface area contributed by atoms with Crippen LogP contribution >= 0.6 is 0 Å². The molecule has 1 heterocycles. The number of carboxylic acids is 1. The molecule has 24 heavy (non-hydrogen) atoms. The largest absolute Gasteiger partial charge is 0.481 e. The molecular formula is C20H27NO3. The van der Waals surface area contributed by atoms with Gasteiger partial charge in [-0.25, -0.2) is 0 Å². The highest BCUT2D eigenvalue weighted by molar-refractivity contribution is 5.87. The lowest BCUT2D eigenvalue weighted by Gasteiger charge is -2.37. The van der Waals surface area contributed by atoms with E-state index in [1.807, 2.05) is 18.7 Å². The van der Waals surface area contributed by atoms with Crippen LogP contribution in [0.25, 0.3) is 0 Å². The zero-order valence-corrected chi connectivity index (χ0v) is 14.8. The second-order valence-corrected chi connectivity index (χ2v) is 7.92. The lowest BCUT2D eigenvalue weighted by Crippen LogP contribution is -2.47. The van der Waals surface area contributed by atoms with Crippen molar-refractivity contribution in [3.05, 3.63) is 35.4 Å². The summed E-state index contributed by atoms with van der Waals surface area (Å²) in [4.78, 5) is 26.1. The molecule has 1 N–H and O–H groups in total. The molecule has 1 aliphatic carbocycles. The molecule has 1 saturated carbocycles. The van der Waals surface area contributed by atoms with E-state index in [-0.39, 0.29) is 17.2 Å². The van der Waals surface area contributed by atoms with Crippen LogP contribution < -0.4 is 0 Å². The number of piperidine rings is 1. The molecule has 1 unspecified atom stereocenters. The van der Waals surface area contributed by atoms with Gasteiger partial charge in [0, 0.05) is 13.1 Å². The summed E-state index contributed by atoms with van der Waals surface area (Å²) in [5.41, 5.74) is 1.73. The highest BCUT2D eigenvalue weighted by Crippen LogP contribution is 2.59. The molecule has 1 amide bonds. The van der Waals surface area contributed by atoms with E-state index in [1.165, 1.54) is 5.56 Å². The van der Waals surface area contributed by atoms with E-state index in [4.69, 9.17) is 0 Å². The summed E-state index contributed by atoms with van der Waals surface area (Å²) in [6.45, 7) is 7.45. The van der Waals surface area contributed by atoms with E-state index in [0.717, 1.165) is 31.2 Å². The minimum absolute atomic E-state index is 0.0322. The van der Waals surface area contributed by atoms with Gasteiger partial charge in [0.1, 0.15) is 0 Å². The monoisotopic (exact) mass is 329 g/mol. The van der Waals surface area contributed by atoms with Crippen molar-refractivity contribution in [1.82, 2.24) is 4.90 Å². The molecule has 4 nitrogen and oxygen atoms in total. The Labute approximate surface area is 143 Å². The van der Waals surface area contributed by atoms with E-state index in [9.17, 15) is 14.7 Å². The van der Waals surface area contributed by atoms with Gasteiger partial charge in [-0.05, 0) is 56.1 Å². The summed E-state index contributed by atoms with van der Waals surface area (Å²) in [6, 6.07) is 8.31. The lowest BCUT2D eigenvalue weighted by molar-refractivity contribution is -0.140. The molecule has 1 aromatic rings. The second-order valence-electron chi connectivity index (χ2n) is 7.92. The number of carboxylic acid groups (broad SMARTS) is 1. The highest BCUT2D eigenvalue weighted by atomic mass is 16.4. The molecular weight excluding hydrogens is 302 g/mol. The van der Waals surface area contributed by atoms with Crippen LogP contribution in [0.3, 0.4) is 0 Å². The topological polar surface area (TPSA) is 57.6 Å². The van der Waals surface area contributed by atoms with Crippen LogP contribution in [0, 0.1) is 11.3 Å². The van der Waals surface area contributed by atoms with E-state index < -0.39 is 11.4 Å². The Kier molecular flexibility index (Phi) is 4.18. The van der Waals surface area contributed by atoms with Gasteiger partial charge in [-0.3, -0.25) is 9.59 Å². The molecule has 1 saturated heterocycles. The number of hydrogen-bond acceptors (Lipinski definition) is 2. The molecule has 0 bridgehead atoms. The molecule has 1 atom stereocenters. The predicted octanol–water partition coefficient (Wildman–Crippen LogP) is 3.24. The molecule has 1 aromatic carbocycles. The van der Waals surface area contributed by atoms with Gasteiger partial charge in [-0.15, -0.1) is 0 Å². The van der Waals surface area contributed by atoms with Crippen molar-refractivity contribution < 1.29 is 14.7 Å². The van der Waals surface area contributed by atoms with Crippen molar-refractivity contribution in [3.63, 3.8) is 0 Å². The quantitative estimate of drug-likeness (QED) is 0.922. The molecule has 2 aliphatic rings. The SMILES string of the molecule is CCc1ccc(C(C)(C)C(=O)N2CCC3(CC2)CC3C(=O)O)cc1. The van der Waals surface area contributed by atoms with Crippen LogP contribution in [-0.4, -0.2) is 35.0 Å². The maximum Gasteiger partial charge on any atom is 0.307 e. The first-order chi connectivity index (χ1) is 11.3. The molecule has 2 fully saturated rings. The van der Waals surface area contributed by atoms with E-state index >= 15 is 0 Å². The van der Waals surface area contributed by atoms with Crippen LogP contribution in [0.5, 0.6) is 0 Å². The average Bonchev–Trinajstić information content (AvgIpc) is 3.29. The molecule has 1 aliphatic heterocycles. The van der Waals surface area contributed by atoms with Gasteiger partial charge in [0.25, 0.3) is 0 Å². The summed E-state index contributed by atoms with van der Waals surface area (Å²) >= 11 is 0. The van der Waals surface area contributed by atoms with Gasteiger partial charge in [-0.1, -0.05) is 31.2 Å². The third kappa shape index (κ3) is 2.83. The number of likely N-dealkylation sites (tertiary alicyclic amines) is 1. The number of rotatable bonds is 4. The zero-order valence-electron chi connectivity index (χ0n) is 14.8. The maximum atomic E-state index is 13.0. The summed E-state index contributed by atoms with van der Waals surface area (Å²) in [6.07, 6.45) is 3.42. The summed E-state index contributed by atoms with van der Waals surface area (Å²) in [5, 5.41) is 9.19. The van der Waals surface area contributed by atoms with Crippen molar-refractivity contribution in [2.24, 2.45) is 11.3 Å². The summed E-state index contributed by atoms with van der Waals surface area (Å²) in [7, 11) is 0. The second kappa shape index (κ2) is 5.91. The summed E-state index contributed by atoms with van der Waals surface area (Å²) < 4.78 is 0. The van der Waals surface area contributed by atoms with E-state index in [2.05, 4.69) is 31.2 Å². The van der Waals surface area contributed by atoms with Crippen LogP contribution in [-0.2, 0) is 21.4 Å². The van der Waals surface area contributed by atoms with Crippen molar-refractivity contribution >= 4 is 11.9 Å². The number of benzene rings is 1. The number of hydrogen-bond donors (Lipinski definition) is 1. The number of nitrogens with zero attached hydrogens (tertiary/aromatic N) is 1. The fourth-order valence-corrected chi connectivity index (χ4v) is 4.08. The van der Waals surface area contributed by atoms with Crippen molar-refractivity contribution in [3.8, 4) is 0 Å². The lowest BCUT2D eigenvalue weighted by atomic mass is 9.81. The number of aliphatic carboxylic acids is 1. The Morgan fingerprint density at radius 3 is 2.25 bits per heavy atom. The van der Waals surface area contributed by atoms with Gasteiger partial charge in [-0.2, -0.15) is 0 Å². The average molecular weight is 329 g/mol. The number of carbonyl (C=O) groups is 2. The standard InChI is InChI=1S/C20H27NO3/c1-4-14-5-7-15(8-6-14)19(2,3)18(24)21-11-9-20(10-12-21)13-16(20)17(22)23/h5-8,16H,4,9-13H2,1-3H3,(H,22,23). The third-order valence-electron chi connectivity index (χ3n) is 6.15. The van der Waals surface area contributed by atoms with Crippen molar-refractivity contribution in [2.45, 2.75) is 51.9 Å². The Bertz CT molecular complexity index is 639. The Balaban J connectivity index is 1.67. The normalized spacial score (nSPS) is 22.5. The van der Waals surface area contributed by atoms with E-state index in [0.29, 0.717) is 13.1 Å². The van der Waals surface area contributed by atoms with E-state index in [1.54, 1.807) is 0 Å². The third-order valence-corrected chi connectivity index (χ3v) is 6.15. The fraction of sp³-hybridized carbons (Fsp3) is 0.600. The van der Waals surface area contributed by atoms with Gasteiger partial charge in [0.05, 0.1) is 11.3 Å². The Morgan fingerprint density at radius 1 is 1.21 bits per heavy atom. The first-order valence-corrected chi connectivity index (χ1v) is 8.92. The zero-order chi connectivity index (χ0) is 17.5.